The number of nitrogens with zero attached hydrogens (tertiary/aromatic N) is 1. The number of rotatable bonds is 2. The van der Waals surface area contributed by atoms with Crippen LogP contribution in [0.25, 0.3) is 0 Å². The van der Waals surface area contributed by atoms with E-state index in [0.717, 1.165) is 30.9 Å². The Balaban J connectivity index is 1.95. The Morgan fingerprint density at radius 3 is 2.67 bits per heavy atom. The minimum absolute atomic E-state index is 0.0427. The third-order valence-electron chi connectivity index (χ3n) is 5.25. The largest absolute Gasteiger partial charge is 0.332 e. The van der Waals surface area contributed by atoms with Crippen LogP contribution in [-0.2, 0) is 4.79 Å². The number of hydrogen-bond donors (Lipinski definition) is 0. The van der Waals surface area contributed by atoms with E-state index in [2.05, 4.69) is 6.07 Å². The summed E-state index contributed by atoms with van der Waals surface area (Å²) in [5.41, 5.74) is 0.640. The fourth-order valence-corrected chi connectivity index (χ4v) is 3.81. The molecule has 2 heterocycles. The van der Waals surface area contributed by atoms with E-state index < -0.39 is 11.3 Å². The summed E-state index contributed by atoms with van der Waals surface area (Å²) in [6.07, 6.45) is 1.94. The van der Waals surface area contributed by atoms with Gasteiger partial charge in [0.2, 0.25) is 5.91 Å². The first-order valence-corrected chi connectivity index (χ1v) is 7.51. The van der Waals surface area contributed by atoms with Gasteiger partial charge >= 0.3 is 0 Å². The highest BCUT2D eigenvalue weighted by Gasteiger charge is 2.62. The Kier molecular flexibility index (Phi) is 3.12. The van der Waals surface area contributed by atoms with Crippen LogP contribution in [0.15, 0.2) is 24.3 Å². The zero-order valence-electron chi connectivity index (χ0n) is 12.7. The van der Waals surface area contributed by atoms with E-state index in [1.807, 2.05) is 25.1 Å². The topological polar surface area (TPSA) is 20.3 Å². The van der Waals surface area contributed by atoms with E-state index in [4.69, 9.17) is 0 Å². The molecule has 4 heteroatoms. The highest BCUT2D eigenvalue weighted by molar-refractivity contribution is 5.87. The monoisotopic (exact) mass is 293 g/mol. The van der Waals surface area contributed by atoms with Gasteiger partial charge in [-0.3, -0.25) is 4.79 Å². The molecule has 0 aliphatic carbocycles. The summed E-state index contributed by atoms with van der Waals surface area (Å²) in [4.78, 5) is 14.4. The number of aryl methyl sites for hydroxylation is 1. The SMILES string of the molecule is Cc1cccc([C@@H]2CC[C@H]3C[C@](C)(C(C)(F)F)C(=O)N32)c1. The lowest BCUT2D eigenvalue weighted by Gasteiger charge is -2.31. The van der Waals surface area contributed by atoms with Gasteiger partial charge in [-0.2, -0.15) is 0 Å². The molecule has 0 unspecified atom stereocenters. The number of carbonyl (C=O) groups is 1. The van der Waals surface area contributed by atoms with Crippen molar-refractivity contribution in [2.45, 2.75) is 58.0 Å². The third kappa shape index (κ3) is 2.07. The molecule has 0 saturated carbocycles. The number of hydrogen-bond acceptors (Lipinski definition) is 1. The Labute approximate surface area is 124 Å². The lowest BCUT2D eigenvalue weighted by atomic mass is 9.80. The molecule has 0 radical (unpaired) electrons. The van der Waals surface area contributed by atoms with Crippen molar-refractivity contribution in [3.05, 3.63) is 35.4 Å². The molecule has 1 aromatic rings. The maximum Gasteiger partial charge on any atom is 0.259 e. The summed E-state index contributed by atoms with van der Waals surface area (Å²) in [7, 11) is 0. The van der Waals surface area contributed by atoms with Crippen molar-refractivity contribution < 1.29 is 13.6 Å². The van der Waals surface area contributed by atoms with Crippen LogP contribution in [0.4, 0.5) is 8.78 Å². The summed E-state index contributed by atoms with van der Waals surface area (Å²) in [5.74, 6) is -3.37. The van der Waals surface area contributed by atoms with Crippen LogP contribution in [0.5, 0.6) is 0 Å². The summed E-state index contributed by atoms with van der Waals surface area (Å²) in [5, 5.41) is 0. The van der Waals surface area contributed by atoms with Crippen LogP contribution in [0, 0.1) is 12.3 Å². The second-order valence-corrected chi connectivity index (χ2v) is 6.80. The van der Waals surface area contributed by atoms with Gasteiger partial charge in [-0.15, -0.1) is 0 Å². The van der Waals surface area contributed by atoms with E-state index in [-0.39, 0.29) is 24.4 Å². The Bertz CT molecular complexity index is 580. The lowest BCUT2D eigenvalue weighted by Crippen LogP contribution is -2.44. The highest BCUT2D eigenvalue weighted by Crippen LogP contribution is 2.54. The number of halogens is 2. The van der Waals surface area contributed by atoms with Gasteiger partial charge in [0.05, 0.1) is 6.04 Å². The molecule has 3 atom stereocenters. The van der Waals surface area contributed by atoms with Crippen LogP contribution in [0.1, 0.15) is 50.3 Å². The molecule has 3 rings (SSSR count). The summed E-state index contributed by atoms with van der Waals surface area (Å²) in [6, 6.07) is 7.93. The molecule has 0 aromatic heterocycles. The molecule has 0 bridgehead atoms. The molecule has 2 saturated heterocycles. The molecule has 2 aliphatic heterocycles. The number of carbonyl (C=O) groups excluding carboxylic acids is 1. The average Bonchev–Trinajstić information content (AvgIpc) is 2.89. The van der Waals surface area contributed by atoms with Gasteiger partial charge in [0, 0.05) is 13.0 Å². The van der Waals surface area contributed by atoms with Crippen LogP contribution in [0.3, 0.4) is 0 Å². The molecular formula is C17H21F2NO. The second-order valence-electron chi connectivity index (χ2n) is 6.80. The first-order valence-electron chi connectivity index (χ1n) is 7.51. The third-order valence-corrected chi connectivity index (χ3v) is 5.25. The molecule has 1 aromatic carbocycles. The van der Waals surface area contributed by atoms with Gasteiger partial charge in [-0.25, -0.2) is 8.78 Å². The van der Waals surface area contributed by atoms with Crippen molar-refractivity contribution >= 4 is 5.91 Å². The lowest BCUT2D eigenvalue weighted by molar-refractivity contribution is -0.156. The molecule has 2 aliphatic rings. The molecule has 2 nitrogen and oxygen atoms in total. The smallest absolute Gasteiger partial charge is 0.259 e. The van der Waals surface area contributed by atoms with E-state index in [9.17, 15) is 13.6 Å². The van der Waals surface area contributed by atoms with Crippen LogP contribution in [0.2, 0.25) is 0 Å². The number of alkyl halides is 2. The average molecular weight is 293 g/mol. The van der Waals surface area contributed by atoms with Gasteiger partial charge < -0.3 is 4.90 Å². The van der Waals surface area contributed by atoms with Crippen LogP contribution < -0.4 is 0 Å². The summed E-state index contributed by atoms with van der Waals surface area (Å²) >= 11 is 0. The fraction of sp³-hybridized carbons (Fsp3) is 0.588. The van der Waals surface area contributed by atoms with Gasteiger partial charge in [-0.05, 0) is 38.7 Å². The quantitative estimate of drug-likeness (QED) is 0.804. The minimum atomic E-state index is -2.98. The zero-order chi connectivity index (χ0) is 15.4. The van der Waals surface area contributed by atoms with Crippen molar-refractivity contribution in [2.75, 3.05) is 0 Å². The normalized spacial score (nSPS) is 32.6. The van der Waals surface area contributed by atoms with Gasteiger partial charge in [0.25, 0.3) is 5.92 Å². The summed E-state index contributed by atoms with van der Waals surface area (Å²) in [6.45, 7) is 4.29. The number of amides is 1. The van der Waals surface area contributed by atoms with Gasteiger partial charge in [0.15, 0.2) is 0 Å². The Hall–Kier alpha value is -1.45. The number of fused-ring (bicyclic) bond motifs is 1. The highest BCUT2D eigenvalue weighted by atomic mass is 19.3. The maximum absolute atomic E-state index is 13.9. The Morgan fingerprint density at radius 2 is 2.05 bits per heavy atom. The van der Waals surface area contributed by atoms with E-state index in [0.29, 0.717) is 0 Å². The molecule has 2 fully saturated rings. The predicted molar refractivity (Wildman–Crippen MR) is 77.1 cm³/mol. The van der Waals surface area contributed by atoms with Crippen molar-refractivity contribution in [1.29, 1.82) is 0 Å². The van der Waals surface area contributed by atoms with Crippen molar-refractivity contribution in [2.24, 2.45) is 5.41 Å². The van der Waals surface area contributed by atoms with Crippen molar-refractivity contribution in [1.82, 2.24) is 4.90 Å². The van der Waals surface area contributed by atoms with E-state index >= 15 is 0 Å². The maximum atomic E-state index is 13.9. The van der Waals surface area contributed by atoms with Crippen LogP contribution >= 0.6 is 0 Å². The standard InChI is InChI=1S/C17H21F2NO/c1-11-5-4-6-12(9-11)14-8-7-13-10-16(2,17(3,18)19)15(21)20(13)14/h4-6,9,13-14H,7-8,10H2,1-3H3/t13-,14-,16-/m0/s1. The first-order chi connectivity index (χ1) is 9.74. The van der Waals surface area contributed by atoms with E-state index in [1.54, 1.807) is 4.90 Å². The number of benzene rings is 1. The van der Waals surface area contributed by atoms with Gasteiger partial charge in [-0.1, -0.05) is 29.8 Å². The van der Waals surface area contributed by atoms with Crippen molar-refractivity contribution in [3.8, 4) is 0 Å². The van der Waals surface area contributed by atoms with E-state index in [1.165, 1.54) is 6.92 Å². The minimum Gasteiger partial charge on any atom is -0.332 e. The molecule has 0 spiro atoms. The first kappa shape index (κ1) is 14.5. The predicted octanol–water partition coefficient (Wildman–Crippen LogP) is 4.09. The summed E-state index contributed by atoms with van der Waals surface area (Å²) < 4.78 is 27.8. The van der Waals surface area contributed by atoms with Gasteiger partial charge in [0.1, 0.15) is 5.41 Å². The Morgan fingerprint density at radius 1 is 1.33 bits per heavy atom. The second kappa shape index (κ2) is 4.52. The molecular weight excluding hydrogens is 272 g/mol. The molecule has 21 heavy (non-hydrogen) atoms. The fourth-order valence-electron chi connectivity index (χ4n) is 3.81. The zero-order valence-corrected chi connectivity index (χ0v) is 12.7. The van der Waals surface area contributed by atoms with Crippen molar-refractivity contribution in [3.63, 3.8) is 0 Å². The van der Waals surface area contributed by atoms with Crippen LogP contribution in [-0.4, -0.2) is 22.8 Å². The molecule has 0 N–H and O–H groups in total. The molecule has 1 amide bonds. The molecule has 114 valence electrons.